The molecule has 0 fully saturated rings. The highest BCUT2D eigenvalue weighted by molar-refractivity contribution is 6.32. The van der Waals surface area contributed by atoms with Crippen molar-refractivity contribution in [1.29, 1.82) is 5.26 Å². The van der Waals surface area contributed by atoms with E-state index in [1.54, 1.807) is 19.1 Å². The molecule has 0 N–H and O–H groups in total. The van der Waals surface area contributed by atoms with Crippen molar-refractivity contribution < 1.29 is 23.7 Å². The van der Waals surface area contributed by atoms with Crippen LogP contribution in [-0.4, -0.2) is 32.9 Å². The first-order chi connectivity index (χ1) is 14.0. The van der Waals surface area contributed by atoms with E-state index in [-0.39, 0.29) is 23.8 Å². The average Bonchev–Trinajstić information content (AvgIpc) is 2.70. The first-order valence-corrected chi connectivity index (χ1v) is 9.35. The van der Waals surface area contributed by atoms with Gasteiger partial charge in [0, 0.05) is 0 Å². The normalized spacial score (nSPS) is 10.8. The van der Waals surface area contributed by atoms with Gasteiger partial charge in [-0.1, -0.05) is 23.7 Å². The molecule has 0 saturated heterocycles. The van der Waals surface area contributed by atoms with E-state index in [4.69, 9.17) is 35.8 Å². The molecule has 0 unspecified atom stereocenters. The van der Waals surface area contributed by atoms with E-state index < -0.39 is 5.97 Å². The highest BCUT2D eigenvalue weighted by atomic mass is 35.5. The number of carbonyl (C=O) groups is 1. The minimum Gasteiger partial charge on any atom is -0.493 e. The summed E-state index contributed by atoms with van der Waals surface area (Å²) in [5.74, 6) is 0.795. The van der Waals surface area contributed by atoms with Gasteiger partial charge in [-0.2, -0.15) is 5.26 Å². The lowest BCUT2D eigenvalue weighted by Crippen LogP contribution is -2.10. The van der Waals surface area contributed by atoms with Gasteiger partial charge in [0.15, 0.2) is 11.5 Å². The molecule has 0 radical (unpaired) electrons. The molecule has 0 aromatic heterocycles. The summed E-state index contributed by atoms with van der Waals surface area (Å²) < 4.78 is 21.6. The van der Waals surface area contributed by atoms with Gasteiger partial charge in [-0.05, 0) is 55.3 Å². The Hall–Kier alpha value is -3.17. The monoisotopic (exact) mass is 415 g/mol. The van der Waals surface area contributed by atoms with Crippen molar-refractivity contribution in [3.63, 3.8) is 0 Å². The van der Waals surface area contributed by atoms with Crippen molar-refractivity contribution in [2.45, 2.75) is 13.8 Å². The molecule has 0 aliphatic heterocycles. The van der Waals surface area contributed by atoms with Gasteiger partial charge in [0.1, 0.15) is 30.6 Å². The second-order valence-corrected chi connectivity index (χ2v) is 6.35. The fourth-order valence-electron chi connectivity index (χ4n) is 2.48. The Morgan fingerprint density at radius 2 is 1.97 bits per heavy atom. The summed E-state index contributed by atoms with van der Waals surface area (Å²) >= 11 is 6.32. The summed E-state index contributed by atoms with van der Waals surface area (Å²) in [4.78, 5) is 11.8. The van der Waals surface area contributed by atoms with Crippen LogP contribution in [0.3, 0.4) is 0 Å². The Balaban J connectivity index is 2.09. The fourth-order valence-corrected chi connectivity index (χ4v) is 2.76. The van der Waals surface area contributed by atoms with Crippen molar-refractivity contribution in [3.05, 3.63) is 58.1 Å². The quantitative estimate of drug-likeness (QED) is 0.258. The number of methoxy groups -OCH3 is 1. The summed E-state index contributed by atoms with van der Waals surface area (Å²) in [5, 5.41) is 9.45. The van der Waals surface area contributed by atoms with Crippen LogP contribution >= 0.6 is 11.6 Å². The predicted octanol–water partition coefficient (Wildman–Crippen LogP) is 4.58. The number of esters is 1. The summed E-state index contributed by atoms with van der Waals surface area (Å²) in [5.41, 5.74) is 1.49. The molecule has 0 amide bonds. The zero-order chi connectivity index (χ0) is 21.2. The van der Waals surface area contributed by atoms with E-state index >= 15 is 0 Å². The molecule has 0 heterocycles. The van der Waals surface area contributed by atoms with E-state index in [9.17, 15) is 4.79 Å². The van der Waals surface area contributed by atoms with Crippen molar-refractivity contribution in [3.8, 4) is 23.3 Å². The van der Waals surface area contributed by atoms with E-state index in [1.807, 2.05) is 37.3 Å². The Morgan fingerprint density at radius 3 is 2.62 bits per heavy atom. The number of hydrogen-bond acceptors (Lipinski definition) is 6. The highest BCUT2D eigenvalue weighted by Gasteiger charge is 2.14. The third-order valence-electron chi connectivity index (χ3n) is 3.77. The van der Waals surface area contributed by atoms with Crippen LogP contribution in [0, 0.1) is 18.3 Å². The topological polar surface area (TPSA) is 77.8 Å². The molecule has 7 heteroatoms. The second kappa shape index (κ2) is 11.0. The lowest BCUT2D eigenvalue weighted by Gasteiger charge is -2.14. The van der Waals surface area contributed by atoms with Crippen LogP contribution in [0.4, 0.5) is 0 Å². The molecule has 152 valence electrons. The molecule has 0 saturated carbocycles. The number of aryl methyl sites for hydroxylation is 1. The van der Waals surface area contributed by atoms with Gasteiger partial charge in [0.25, 0.3) is 0 Å². The SMILES string of the molecule is CCOC(=O)/C(C#N)=C/c1cc(Cl)c(OCCOc2cccc(C)c2)c(OC)c1. The first kappa shape index (κ1) is 22.1. The van der Waals surface area contributed by atoms with Crippen LogP contribution in [0.15, 0.2) is 42.0 Å². The van der Waals surface area contributed by atoms with Gasteiger partial charge in [-0.25, -0.2) is 4.79 Å². The molecule has 2 aromatic rings. The minimum atomic E-state index is -0.696. The molecule has 0 spiro atoms. The highest BCUT2D eigenvalue weighted by Crippen LogP contribution is 2.37. The molecular weight excluding hydrogens is 394 g/mol. The predicted molar refractivity (Wildman–Crippen MR) is 110 cm³/mol. The molecule has 0 aliphatic rings. The molecule has 0 bridgehead atoms. The van der Waals surface area contributed by atoms with Gasteiger partial charge < -0.3 is 18.9 Å². The summed E-state index contributed by atoms with van der Waals surface area (Å²) in [7, 11) is 1.48. The van der Waals surface area contributed by atoms with Crippen LogP contribution in [0.5, 0.6) is 17.2 Å². The molecule has 29 heavy (non-hydrogen) atoms. The molecule has 6 nitrogen and oxygen atoms in total. The smallest absolute Gasteiger partial charge is 0.348 e. The number of halogens is 1. The number of nitrogens with zero attached hydrogens (tertiary/aromatic N) is 1. The Labute approximate surface area is 175 Å². The Morgan fingerprint density at radius 1 is 1.21 bits per heavy atom. The number of carbonyl (C=O) groups excluding carboxylic acids is 1. The van der Waals surface area contributed by atoms with Crippen molar-refractivity contribution in [1.82, 2.24) is 0 Å². The number of benzene rings is 2. The van der Waals surface area contributed by atoms with Crippen molar-refractivity contribution in [2.24, 2.45) is 0 Å². The fraction of sp³-hybridized carbons (Fsp3) is 0.273. The maximum absolute atomic E-state index is 11.8. The third kappa shape index (κ3) is 6.44. The lowest BCUT2D eigenvalue weighted by atomic mass is 10.1. The lowest BCUT2D eigenvalue weighted by molar-refractivity contribution is -0.137. The van der Waals surface area contributed by atoms with Gasteiger partial charge >= 0.3 is 5.97 Å². The van der Waals surface area contributed by atoms with E-state index in [0.717, 1.165) is 11.3 Å². The van der Waals surface area contributed by atoms with E-state index in [2.05, 4.69) is 0 Å². The van der Waals surface area contributed by atoms with Gasteiger partial charge in [0.2, 0.25) is 0 Å². The Kier molecular flexibility index (Phi) is 8.38. The average molecular weight is 416 g/mol. The second-order valence-electron chi connectivity index (χ2n) is 5.94. The molecule has 2 rings (SSSR count). The Bertz CT molecular complexity index is 933. The van der Waals surface area contributed by atoms with Crippen molar-refractivity contribution in [2.75, 3.05) is 26.9 Å². The summed E-state index contributed by atoms with van der Waals surface area (Å²) in [6.45, 7) is 4.42. The van der Waals surface area contributed by atoms with Crippen molar-refractivity contribution >= 4 is 23.6 Å². The first-order valence-electron chi connectivity index (χ1n) is 8.97. The van der Waals surface area contributed by atoms with Gasteiger partial charge in [-0.15, -0.1) is 0 Å². The number of nitriles is 1. The van der Waals surface area contributed by atoms with Gasteiger partial charge in [-0.3, -0.25) is 0 Å². The van der Waals surface area contributed by atoms with Crippen LogP contribution in [0.1, 0.15) is 18.1 Å². The van der Waals surface area contributed by atoms with Crippen LogP contribution in [-0.2, 0) is 9.53 Å². The summed E-state index contributed by atoms with van der Waals surface area (Å²) in [6, 6.07) is 12.7. The number of rotatable bonds is 9. The maximum atomic E-state index is 11.8. The van der Waals surface area contributed by atoms with E-state index in [0.29, 0.717) is 23.7 Å². The van der Waals surface area contributed by atoms with Crippen LogP contribution < -0.4 is 14.2 Å². The van der Waals surface area contributed by atoms with Crippen LogP contribution in [0.25, 0.3) is 6.08 Å². The molecule has 2 aromatic carbocycles. The minimum absolute atomic E-state index is 0.134. The van der Waals surface area contributed by atoms with E-state index in [1.165, 1.54) is 13.2 Å². The molecule has 0 atom stereocenters. The number of ether oxygens (including phenoxy) is 4. The molecular formula is C22H22ClNO5. The zero-order valence-electron chi connectivity index (χ0n) is 16.5. The largest absolute Gasteiger partial charge is 0.493 e. The van der Waals surface area contributed by atoms with Crippen LogP contribution in [0.2, 0.25) is 5.02 Å². The third-order valence-corrected chi connectivity index (χ3v) is 4.05. The summed E-state index contributed by atoms with van der Waals surface area (Å²) in [6.07, 6.45) is 1.39. The number of hydrogen-bond donors (Lipinski definition) is 0. The maximum Gasteiger partial charge on any atom is 0.348 e. The zero-order valence-corrected chi connectivity index (χ0v) is 17.3. The van der Waals surface area contributed by atoms with Gasteiger partial charge in [0.05, 0.1) is 18.7 Å². The molecule has 0 aliphatic carbocycles. The standard InChI is InChI=1S/C22H22ClNO5/c1-4-27-22(25)17(14-24)11-16-12-19(23)21(20(13-16)26-3)29-9-8-28-18-7-5-6-15(2)10-18/h5-7,10-13H,4,8-9H2,1-3H3/b17-11+.